The molecule has 1 aliphatic heterocycles. The second kappa shape index (κ2) is 6.39. The number of aromatic nitrogens is 3. The molecule has 112 valence electrons. The molecule has 0 aliphatic carbocycles. The van der Waals surface area contributed by atoms with Gasteiger partial charge in [-0.1, -0.05) is 0 Å². The molecule has 6 heteroatoms. The van der Waals surface area contributed by atoms with Crippen LogP contribution in [0.5, 0.6) is 0 Å². The number of aryl methyl sites for hydroxylation is 1. The predicted molar refractivity (Wildman–Crippen MR) is 82.2 cm³/mol. The van der Waals surface area contributed by atoms with E-state index in [1.54, 1.807) is 17.5 Å². The standard InChI is InChI=1S/C15H20N4OS/c1-11-17-14(10-21-11)8-15(20)19-6-2-3-12(9-19)7-13-4-5-16-18-13/h4-5,10,12H,2-3,6-9H2,1H3,(H,16,18)/t12-/m1/s1. The van der Waals surface area contributed by atoms with E-state index in [0.29, 0.717) is 12.3 Å². The maximum absolute atomic E-state index is 12.4. The van der Waals surface area contributed by atoms with E-state index in [9.17, 15) is 4.79 Å². The first-order valence-corrected chi connectivity index (χ1v) is 8.25. The molecule has 1 atom stereocenters. The second-order valence-electron chi connectivity index (χ2n) is 5.67. The van der Waals surface area contributed by atoms with Gasteiger partial charge in [0.1, 0.15) is 0 Å². The molecule has 0 spiro atoms. The Balaban J connectivity index is 1.56. The minimum absolute atomic E-state index is 0.203. The smallest absolute Gasteiger partial charge is 0.228 e. The number of H-pyrrole nitrogens is 1. The van der Waals surface area contributed by atoms with Crippen molar-refractivity contribution in [2.24, 2.45) is 5.92 Å². The van der Waals surface area contributed by atoms with Crippen molar-refractivity contribution in [3.8, 4) is 0 Å². The number of nitrogens with one attached hydrogen (secondary N) is 1. The molecule has 0 saturated carbocycles. The molecule has 0 unspecified atom stereocenters. The van der Waals surface area contributed by atoms with Crippen LogP contribution in [0.25, 0.3) is 0 Å². The maximum Gasteiger partial charge on any atom is 0.228 e. The normalized spacial score (nSPS) is 18.9. The largest absolute Gasteiger partial charge is 0.342 e. The number of rotatable bonds is 4. The second-order valence-corrected chi connectivity index (χ2v) is 6.73. The SMILES string of the molecule is Cc1nc(CC(=O)N2CCC[C@H](Cc3ccn[nH]3)C2)cs1. The van der Waals surface area contributed by atoms with Crippen LogP contribution in [-0.2, 0) is 17.6 Å². The summed E-state index contributed by atoms with van der Waals surface area (Å²) in [4.78, 5) is 18.8. The zero-order valence-corrected chi connectivity index (χ0v) is 13.0. The molecule has 5 nitrogen and oxygen atoms in total. The molecule has 1 N–H and O–H groups in total. The van der Waals surface area contributed by atoms with Crippen molar-refractivity contribution in [1.82, 2.24) is 20.1 Å². The van der Waals surface area contributed by atoms with Gasteiger partial charge in [0, 0.05) is 30.4 Å². The van der Waals surface area contributed by atoms with Crippen molar-refractivity contribution in [2.45, 2.75) is 32.6 Å². The summed E-state index contributed by atoms with van der Waals surface area (Å²) in [5.41, 5.74) is 2.06. The average molecular weight is 304 g/mol. The van der Waals surface area contributed by atoms with Crippen LogP contribution in [-0.4, -0.2) is 39.1 Å². The van der Waals surface area contributed by atoms with Crippen LogP contribution in [0.4, 0.5) is 0 Å². The van der Waals surface area contributed by atoms with Gasteiger partial charge in [-0.05, 0) is 38.2 Å². The number of thiazole rings is 1. The summed E-state index contributed by atoms with van der Waals surface area (Å²) in [6.45, 7) is 3.70. The molecule has 2 aromatic heterocycles. The molecule has 2 aromatic rings. The number of carbonyl (C=O) groups excluding carboxylic acids is 1. The molecular formula is C15H20N4OS. The Bertz CT molecular complexity index is 593. The van der Waals surface area contributed by atoms with Gasteiger partial charge in [0.25, 0.3) is 0 Å². The van der Waals surface area contributed by atoms with Crippen molar-refractivity contribution in [2.75, 3.05) is 13.1 Å². The third-order valence-electron chi connectivity index (χ3n) is 3.94. The topological polar surface area (TPSA) is 61.9 Å². The lowest BCUT2D eigenvalue weighted by atomic mass is 9.93. The van der Waals surface area contributed by atoms with Crippen LogP contribution in [0.1, 0.15) is 29.2 Å². The predicted octanol–water partition coefficient (Wildman–Crippen LogP) is 2.20. The zero-order chi connectivity index (χ0) is 14.7. The fraction of sp³-hybridized carbons (Fsp3) is 0.533. The first-order valence-electron chi connectivity index (χ1n) is 7.38. The monoisotopic (exact) mass is 304 g/mol. The summed E-state index contributed by atoms with van der Waals surface area (Å²) in [5, 5.41) is 10.0. The van der Waals surface area contributed by atoms with E-state index in [-0.39, 0.29) is 5.91 Å². The third kappa shape index (κ3) is 3.69. The fourth-order valence-corrected chi connectivity index (χ4v) is 3.54. The van der Waals surface area contributed by atoms with Gasteiger partial charge in [-0.15, -0.1) is 11.3 Å². The molecule has 0 radical (unpaired) electrons. The Morgan fingerprint density at radius 3 is 3.19 bits per heavy atom. The highest BCUT2D eigenvalue weighted by Crippen LogP contribution is 2.21. The Labute approximate surface area is 128 Å². The van der Waals surface area contributed by atoms with Gasteiger partial charge in [-0.2, -0.15) is 5.10 Å². The number of hydrogen-bond donors (Lipinski definition) is 1. The third-order valence-corrected chi connectivity index (χ3v) is 4.76. The molecule has 1 aliphatic rings. The Kier molecular flexibility index (Phi) is 4.34. The number of nitrogens with zero attached hydrogens (tertiary/aromatic N) is 3. The summed E-state index contributed by atoms with van der Waals surface area (Å²) < 4.78 is 0. The first kappa shape index (κ1) is 14.3. The zero-order valence-electron chi connectivity index (χ0n) is 12.2. The van der Waals surface area contributed by atoms with Crippen LogP contribution in [0.15, 0.2) is 17.6 Å². The van der Waals surface area contributed by atoms with Gasteiger partial charge in [0.15, 0.2) is 0 Å². The summed E-state index contributed by atoms with van der Waals surface area (Å²) >= 11 is 1.60. The summed E-state index contributed by atoms with van der Waals surface area (Å²) in [6.07, 6.45) is 5.45. The highest BCUT2D eigenvalue weighted by Gasteiger charge is 2.24. The van der Waals surface area contributed by atoms with E-state index in [1.807, 2.05) is 23.3 Å². The highest BCUT2D eigenvalue weighted by molar-refractivity contribution is 7.09. The molecule has 3 rings (SSSR count). The van der Waals surface area contributed by atoms with Crippen LogP contribution >= 0.6 is 11.3 Å². The van der Waals surface area contributed by atoms with Gasteiger partial charge in [-0.25, -0.2) is 4.98 Å². The summed E-state index contributed by atoms with van der Waals surface area (Å²) in [7, 11) is 0. The Morgan fingerprint density at radius 1 is 1.57 bits per heavy atom. The van der Waals surface area contributed by atoms with Crippen molar-refractivity contribution < 1.29 is 4.79 Å². The first-order chi connectivity index (χ1) is 10.2. The maximum atomic E-state index is 12.4. The van der Waals surface area contributed by atoms with Gasteiger partial charge in [0.2, 0.25) is 5.91 Å². The van der Waals surface area contributed by atoms with Crippen LogP contribution < -0.4 is 0 Å². The van der Waals surface area contributed by atoms with E-state index >= 15 is 0 Å². The molecule has 1 amide bonds. The van der Waals surface area contributed by atoms with Crippen LogP contribution in [0.2, 0.25) is 0 Å². The van der Waals surface area contributed by atoms with E-state index in [0.717, 1.165) is 42.3 Å². The number of amides is 1. The van der Waals surface area contributed by atoms with E-state index in [2.05, 4.69) is 15.2 Å². The van der Waals surface area contributed by atoms with Crippen LogP contribution in [0.3, 0.4) is 0 Å². The number of aromatic amines is 1. The molecule has 1 fully saturated rings. The molecule has 21 heavy (non-hydrogen) atoms. The van der Waals surface area contributed by atoms with Gasteiger partial charge >= 0.3 is 0 Å². The van der Waals surface area contributed by atoms with Crippen molar-refractivity contribution in [3.63, 3.8) is 0 Å². The average Bonchev–Trinajstić information content (AvgIpc) is 3.11. The number of carbonyl (C=O) groups is 1. The highest BCUT2D eigenvalue weighted by atomic mass is 32.1. The number of piperidine rings is 1. The minimum Gasteiger partial charge on any atom is -0.342 e. The van der Waals surface area contributed by atoms with E-state index in [1.165, 1.54) is 6.42 Å². The van der Waals surface area contributed by atoms with Crippen molar-refractivity contribution in [3.05, 3.63) is 34.0 Å². The Hall–Kier alpha value is -1.69. The Morgan fingerprint density at radius 2 is 2.48 bits per heavy atom. The minimum atomic E-state index is 0.203. The molecule has 0 bridgehead atoms. The lowest BCUT2D eigenvalue weighted by Gasteiger charge is -2.32. The molecule has 1 saturated heterocycles. The lowest BCUT2D eigenvalue weighted by Crippen LogP contribution is -2.41. The van der Waals surface area contributed by atoms with Gasteiger partial charge in [-0.3, -0.25) is 9.89 Å². The fourth-order valence-electron chi connectivity index (χ4n) is 2.92. The number of hydrogen-bond acceptors (Lipinski definition) is 4. The molecular weight excluding hydrogens is 284 g/mol. The van der Waals surface area contributed by atoms with Crippen molar-refractivity contribution >= 4 is 17.2 Å². The lowest BCUT2D eigenvalue weighted by molar-refractivity contribution is -0.132. The number of likely N-dealkylation sites (tertiary alicyclic amines) is 1. The summed E-state index contributed by atoms with van der Waals surface area (Å²) in [6, 6.07) is 2.01. The summed E-state index contributed by atoms with van der Waals surface area (Å²) in [5.74, 6) is 0.731. The molecule has 3 heterocycles. The van der Waals surface area contributed by atoms with Crippen LogP contribution in [0, 0.1) is 12.8 Å². The van der Waals surface area contributed by atoms with Gasteiger partial charge in [0.05, 0.1) is 17.1 Å². The van der Waals surface area contributed by atoms with Crippen molar-refractivity contribution in [1.29, 1.82) is 0 Å². The molecule has 0 aromatic carbocycles. The quantitative estimate of drug-likeness (QED) is 0.942. The van der Waals surface area contributed by atoms with E-state index < -0.39 is 0 Å². The van der Waals surface area contributed by atoms with E-state index in [4.69, 9.17) is 0 Å². The van der Waals surface area contributed by atoms with Gasteiger partial charge < -0.3 is 4.90 Å².